The maximum Gasteiger partial charge on any atom is 0.417 e. The van der Waals surface area contributed by atoms with E-state index in [9.17, 15) is 18.0 Å². The monoisotopic (exact) mass is 375 g/mol. The number of aromatic nitrogens is 1. The first-order chi connectivity index (χ1) is 12.5. The Bertz CT molecular complexity index is 962. The fourth-order valence-corrected chi connectivity index (χ4v) is 5.12. The van der Waals surface area contributed by atoms with Crippen LogP contribution in [0.15, 0.2) is 41.4 Å². The predicted octanol–water partition coefficient (Wildman–Crippen LogP) is 1.37. The lowest BCUT2D eigenvalue weighted by Gasteiger charge is -2.34. The van der Waals surface area contributed by atoms with E-state index in [0.29, 0.717) is 18.4 Å². The average molecular weight is 375 g/mol. The SMILES string of the molecule is O=C1COC(=O)N1C1CCN(S(=O)(=O)c2cccc3cccnc23)CC1. The molecular weight excluding hydrogens is 358 g/mol. The summed E-state index contributed by atoms with van der Waals surface area (Å²) in [6.45, 7) is 0.222. The lowest BCUT2D eigenvalue weighted by Crippen LogP contribution is -2.48. The lowest BCUT2D eigenvalue weighted by atomic mass is 10.1. The van der Waals surface area contributed by atoms with Gasteiger partial charge in [-0.25, -0.2) is 18.1 Å². The van der Waals surface area contributed by atoms with Crippen molar-refractivity contribution in [2.45, 2.75) is 23.8 Å². The molecule has 0 bridgehead atoms. The minimum Gasteiger partial charge on any atom is -0.439 e. The average Bonchev–Trinajstić information content (AvgIpc) is 2.99. The number of cyclic esters (lactones) is 1. The van der Waals surface area contributed by atoms with Gasteiger partial charge in [-0.3, -0.25) is 9.78 Å². The molecule has 0 spiro atoms. The second kappa shape index (κ2) is 6.33. The smallest absolute Gasteiger partial charge is 0.417 e. The van der Waals surface area contributed by atoms with E-state index in [2.05, 4.69) is 4.98 Å². The van der Waals surface area contributed by atoms with Crippen LogP contribution in [0.5, 0.6) is 0 Å². The first kappa shape index (κ1) is 16.9. The van der Waals surface area contributed by atoms with Gasteiger partial charge < -0.3 is 4.74 Å². The number of benzene rings is 1. The molecule has 0 N–H and O–H groups in total. The molecule has 2 aliphatic heterocycles. The van der Waals surface area contributed by atoms with Gasteiger partial charge in [0.1, 0.15) is 4.90 Å². The van der Waals surface area contributed by atoms with Crippen molar-refractivity contribution in [3.8, 4) is 0 Å². The van der Waals surface area contributed by atoms with Gasteiger partial charge in [-0.05, 0) is 25.0 Å². The van der Waals surface area contributed by atoms with Crippen LogP contribution in [0.4, 0.5) is 4.79 Å². The van der Waals surface area contributed by atoms with Gasteiger partial charge in [-0.15, -0.1) is 0 Å². The fourth-order valence-electron chi connectivity index (χ4n) is 3.48. The number of ether oxygens (including phenoxy) is 1. The highest BCUT2D eigenvalue weighted by molar-refractivity contribution is 7.89. The Balaban J connectivity index is 1.57. The largest absolute Gasteiger partial charge is 0.439 e. The van der Waals surface area contributed by atoms with Gasteiger partial charge in [0.25, 0.3) is 5.91 Å². The third kappa shape index (κ3) is 2.73. The quantitative estimate of drug-likeness (QED) is 0.804. The molecule has 0 unspecified atom stereocenters. The van der Waals surface area contributed by atoms with E-state index in [4.69, 9.17) is 4.74 Å². The third-order valence-electron chi connectivity index (χ3n) is 4.79. The predicted molar refractivity (Wildman–Crippen MR) is 91.7 cm³/mol. The zero-order valence-electron chi connectivity index (χ0n) is 13.9. The summed E-state index contributed by atoms with van der Waals surface area (Å²) in [5.74, 6) is -0.366. The van der Waals surface area contributed by atoms with E-state index in [1.54, 1.807) is 24.4 Å². The van der Waals surface area contributed by atoms with Crippen molar-refractivity contribution in [3.63, 3.8) is 0 Å². The Kier molecular flexibility index (Phi) is 4.12. The first-order valence-electron chi connectivity index (χ1n) is 8.31. The van der Waals surface area contributed by atoms with E-state index in [1.807, 2.05) is 12.1 Å². The Hall–Kier alpha value is -2.52. The van der Waals surface area contributed by atoms with Crippen molar-refractivity contribution in [2.75, 3.05) is 19.7 Å². The second-order valence-corrected chi connectivity index (χ2v) is 8.19. The number of para-hydroxylation sites is 1. The lowest BCUT2D eigenvalue weighted by molar-refractivity contribution is -0.127. The summed E-state index contributed by atoms with van der Waals surface area (Å²) in [6.07, 6.45) is 1.70. The van der Waals surface area contributed by atoms with Crippen molar-refractivity contribution in [1.82, 2.24) is 14.2 Å². The molecule has 2 amide bonds. The summed E-state index contributed by atoms with van der Waals surface area (Å²) in [6, 6.07) is 8.32. The van der Waals surface area contributed by atoms with E-state index in [0.717, 1.165) is 10.3 Å². The zero-order chi connectivity index (χ0) is 18.3. The van der Waals surface area contributed by atoms with Crippen LogP contribution in [-0.2, 0) is 19.6 Å². The topological polar surface area (TPSA) is 96.9 Å². The van der Waals surface area contributed by atoms with E-state index in [-0.39, 0.29) is 36.5 Å². The van der Waals surface area contributed by atoms with Gasteiger partial charge >= 0.3 is 6.09 Å². The molecule has 9 heteroatoms. The highest BCUT2D eigenvalue weighted by Gasteiger charge is 2.40. The van der Waals surface area contributed by atoms with Crippen molar-refractivity contribution in [2.24, 2.45) is 0 Å². The molecule has 0 radical (unpaired) electrons. The van der Waals surface area contributed by atoms with Gasteiger partial charge in [-0.1, -0.05) is 18.2 Å². The molecule has 3 heterocycles. The number of imide groups is 1. The van der Waals surface area contributed by atoms with Crippen LogP contribution in [-0.4, -0.2) is 60.3 Å². The standard InChI is InChI=1S/C17H17N3O5S/c21-15-11-25-17(22)20(15)13-6-9-19(10-7-13)26(23,24)14-5-1-3-12-4-2-8-18-16(12)14/h1-5,8,13H,6-7,9-11H2. The summed E-state index contributed by atoms with van der Waals surface area (Å²) in [5, 5.41) is 0.758. The van der Waals surface area contributed by atoms with Crippen LogP contribution in [0.2, 0.25) is 0 Å². The molecule has 2 fully saturated rings. The molecule has 0 aliphatic carbocycles. The molecule has 0 atom stereocenters. The van der Waals surface area contributed by atoms with Crippen LogP contribution in [0, 0.1) is 0 Å². The number of carbonyl (C=O) groups is 2. The molecule has 8 nitrogen and oxygen atoms in total. The fraction of sp³-hybridized carbons (Fsp3) is 0.353. The minimum absolute atomic E-state index is 0.172. The highest BCUT2D eigenvalue weighted by atomic mass is 32.2. The van der Waals surface area contributed by atoms with Gasteiger partial charge in [0, 0.05) is 30.7 Å². The van der Waals surface area contributed by atoms with Gasteiger partial charge in [0.2, 0.25) is 10.0 Å². The third-order valence-corrected chi connectivity index (χ3v) is 6.72. The number of rotatable bonds is 3. The number of nitrogens with zero attached hydrogens (tertiary/aromatic N) is 3. The van der Waals surface area contributed by atoms with Crippen LogP contribution < -0.4 is 0 Å². The number of fused-ring (bicyclic) bond motifs is 1. The van der Waals surface area contributed by atoms with Gasteiger partial charge in [0.15, 0.2) is 6.61 Å². The van der Waals surface area contributed by atoms with Crippen LogP contribution in [0.1, 0.15) is 12.8 Å². The zero-order valence-corrected chi connectivity index (χ0v) is 14.7. The molecule has 1 aromatic heterocycles. The van der Waals surface area contributed by atoms with Crippen LogP contribution in [0.25, 0.3) is 10.9 Å². The molecular formula is C17H17N3O5S. The minimum atomic E-state index is -3.71. The van der Waals surface area contributed by atoms with Crippen molar-refractivity contribution >= 4 is 32.9 Å². The normalized spacial score (nSPS) is 19.9. The van der Waals surface area contributed by atoms with E-state index < -0.39 is 16.1 Å². The molecule has 2 aliphatic rings. The van der Waals surface area contributed by atoms with Crippen molar-refractivity contribution in [1.29, 1.82) is 0 Å². The summed E-state index contributed by atoms with van der Waals surface area (Å²) < 4.78 is 32.3. The van der Waals surface area contributed by atoms with Gasteiger partial charge in [-0.2, -0.15) is 4.31 Å². The molecule has 26 heavy (non-hydrogen) atoms. The number of sulfonamides is 1. The maximum absolute atomic E-state index is 13.1. The number of piperidine rings is 1. The number of hydrogen-bond acceptors (Lipinski definition) is 6. The summed E-state index contributed by atoms with van der Waals surface area (Å²) >= 11 is 0. The Morgan fingerprint density at radius 1 is 1.08 bits per heavy atom. The number of amides is 2. The Labute approximate surface area is 150 Å². The van der Waals surface area contributed by atoms with Crippen molar-refractivity contribution in [3.05, 3.63) is 36.5 Å². The molecule has 2 saturated heterocycles. The molecule has 0 saturated carbocycles. The molecule has 136 valence electrons. The summed E-state index contributed by atoms with van der Waals surface area (Å²) in [4.78, 5) is 29.0. The highest BCUT2D eigenvalue weighted by Crippen LogP contribution is 2.28. The molecule has 2 aromatic rings. The first-order valence-corrected chi connectivity index (χ1v) is 9.75. The number of carbonyl (C=O) groups excluding carboxylic acids is 2. The molecule has 4 rings (SSSR count). The van der Waals surface area contributed by atoms with Crippen molar-refractivity contribution < 1.29 is 22.7 Å². The summed E-state index contributed by atoms with van der Waals surface area (Å²) in [7, 11) is -3.71. The number of hydrogen-bond donors (Lipinski definition) is 0. The van der Waals surface area contributed by atoms with Crippen LogP contribution in [0.3, 0.4) is 0 Å². The number of pyridine rings is 1. The molecule has 1 aromatic carbocycles. The van der Waals surface area contributed by atoms with Crippen LogP contribution >= 0.6 is 0 Å². The van der Waals surface area contributed by atoms with E-state index >= 15 is 0 Å². The maximum atomic E-state index is 13.1. The second-order valence-electron chi connectivity index (χ2n) is 6.28. The van der Waals surface area contributed by atoms with E-state index in [1.165, 1.54) is 4.31 Å². The van der Waals surface area contributed by atoms with Gasteiger partial charge in [0.05, 0.1) is 5.52 Å². The summed E-state index contributed by atoms with van der Waals surface area (Å²) in [5.41, 5.74) is 0.440. The Morgan fingerprint density at radius 2 is 1.81 bits per heavy atom. The Morgan fingerprint density at radius 3 is 2.50 bits per heavy atom.